The molecule has 3 N–H and O–H groups in total. The van der Waals surface area contributed by atoms with E-state index in [9.17, 15) is 9.59 Å². The predicted octanol–water partition coefficient (Wildman–Crippen LogP) is 4.95. The van der Waals surface area contributed by atoms with Crippen LogP contribution in [0.25, 0.3) is 11.0 Å². The van der Waals surface area contributed by atoms with E-state index in [2.05, 4.69) is 52.6 Å². The van der Waals surface area contributed by atoms with Crippen LogP contribution in [0.5, 0.6) is 11.5 Å². The molecule has 3 heterocycles. The van der Waals surface area contributed by atoms with Crippen molar-refractivity contribution in [1.29, 1.82) is 0 Å². The van der Waals surface area contributed by atoms with E-state index in [-0.39, 0.29) is 40.5 Å². The Bertz CT molecular complexity index is 1820. The van der Waals surface area contributed by atoms with Crippen LogP contribution >= 0.6 is 9.24 Å². The summed E-state index contributed by atoms with van der Waals surface area (Å²) in [5, 5.41) is 10.4. The largest absolute Gasteiger partial charge is 0.496 e. The zero-order valence-corrected chi connectivity index (χ0v) is 27.8. The van der Waals surface area contributed by atoms with Gasteiger partial charge in [0.05, 0.1) is 49.6 Å². The molecule has 1 aliphatic heterocycles. The number of carbonyl (C=O) groups is 2. The molecule has 0 spiro atoms. The fraction of sp³-hybridized carbons (Fsp3) is 0.324. The Kier molecular flexibility index (Phi) is 9.33. The maximum absolute atomic E-state index is 15.4. The van der Waals surface area contributed by atoms with Crippen molar-refractivity contribution in [3.8, 4) is 11.5 Å². The van der Waals surface area contributed by atoms with Crippen molar-refractivity contribution < 1.29 is 27.9 Å². The normalized spacial score (nSPS) is 15.0. The first-order valence-corrected chi connectivity index (χ1v) is 16.0. The number of nitrogens with zero attached hydrogens (tertiary/aromatic N) is 3. The van der Waals surface area contributed by atoms with Crippen LogP contribution in [-0.4, -0.2) is 81.5 Å². The number of rotatable bonds is 13. The number of hydrogen-bond acceptors (Lipinski definition) is 11. The molecule has 1 saturated heterocycles. The smallest absolute Gasteiger partial charge is 0.234 e. The summed E-state index contributed by atoms with van der Waals surface area (Å²) in [6.07, 6.45) is 5.39. The van der Waals surface area contributed by atoms with E-state index in [1.165, 1.54) is 45.4 Å². The van der Waals surface area contributed by atoms with E-state index in [1.54, 1.807) is 13.1 Å². The van der Waals surface area contributed by atoms with Crippen molar-refractivity contribution in [2.75, 3.05) is 74.8 Å². The molecule has 1 atom stereocenters. The standard InChI is InChI=1S/C34H38FN6O5P/c1-5-21(42)17-37-24-14-20(41-12-10-40(11-13-41)19-6-7-19)8-9-23(24)39-28-15-22-27(18-38-28)46-33(31(22)36-2)32(43)29-30(35)25(44-3)16-26(45-4)34(29)47/h5,8-9,14-16,18-19,36-37H,1,6-7,10-13,17,47H2,2-4H3,(H,38,39). The summed E-state index contributed by atoms with van der Waals surface area (Å²) in [6.45, 7) is 7.61. The van der Waals surface area contributed by atoms with Crippen LogP contribution in [0.1, 0.15) is 29.0 Å². The quantitative estimate of drug-likeness (QED) is 0.103. The Balaban J connectivity index is 1.31. The Labute approximate surface area is 274 Å². The van der Waals surface area contributed by atoms with Crippen LogP contribution < -0.4 is 35.6 Å². The lowest BCUT2D eigenvalue weighted by atomic mass is 10.0. The molecule has 11 nitrogen and oxygen atoms in total. The third kappa shape index (κ3) is 6.48. The fourth-order valence-corrected chi connectivity index (χ4v) is 6.38. The van der Waals surface area contributed by atoms with Crippen LogP contribution in [0.3, 0.4) is 0 Å². The lowest BCUT2D eigenvalue weighted by Crippen LogP contribution is -2.47. The first-order valence-electron chi connectivity index (χ1n) is 15.4. The second-order valence-corrected chi connectivity index (χ2v) is 12.0. The monoisotopic (exact) mass is 660 g/mol. The van der Waals surface area contributed by atoms with Gasteiger partial charge in [0, 0.05) is 61.7 Å². The third-order valence-corrected chi connectivity index (χ3v) is 9.19. The molecule has 0 radical (unpaired) electrons. The maximum Gasteiger partial charge on any atom is 0.234 e. The lowest BCUT2D eigenvalue weighted by Gasteiger charge is -2.36. The molecule has 1 saturated carbocycles. The molecule has 2 aromatic heterocycles. The molecule has 0 amide bonds. The number of halogens is 1. The highest BCUT2D eigenvalue weighted by molar-refractivity contribution is 7.28. The number of ether oxygens (including phenoxy) is 2. The number of ketones is 2. The van der Waals surface area contributed by atoms with Gasteiger partial charge in [0.2, 0.25) is 5.78 Å². The van der Waals surface area contributed by atoms with Gasteiger partial charge < -0.3 is 34.7 Å². The zero-order valence-electron chi connectivity index (χ0n) is 26.6. The van der Waals surface area contributed by atoms with Gasteiger partial charge in [0.15, 0.2) is 28.7 Å². The van der Waals surface area contributed by atoms with E-state index in [1.807, 2.05) is 12.1 Å². The molecule has 6 rings (SSSR count). The summed E-state index contributed by atoms with van der Waals surface area (Å²) in [7, 11) is 6.76. The minimum atomic E-state index is -0.825. The summed E-state index contributed by atoms with van der Waals surface area (Å²) in [6, 6.07) is 9.92. The van der Waals surface area contributed by atoms with Crippen molar-refractivity contribution in [3.05, 3.63) is 66.3 Å². The molecule has 4 aromatic rings. The molecule has 2 fully saturated rings. The summed E-state index contributed by atoms with van der Waals surface area (Å²) >= 11 is 0. The Morgan fingerprint density at radius 1 is 1.11 bits per heavy atom. The summed E-state index contributed by atoms with van der Waals surface area (Å²) in [5.41, 5.74) is 2.96. The van der Waals surface area contributed by atoms with E-state index < -0.39 is 11.6 Å². The molecule has 1 unspecified atom stereocenters. The number of nitrogens with one attached hydrogen (secondary N) is 3. The minimum Gasteiger partial charge on any atom is -0.496 e. The second kappa shape index (κ2) is 13.6. The van der Waals surface area contributed by atoms with Gasteiger partial charge in [-0.25, -0.2) is 9.37 Å². The number of methoxy groups -OCH3 is 2. The molecule has 13 heteroatoms. The fourth-order valence-electron chi connectivity index (χ4n) is 5.92. The third-order valence-electron chi connectivity index (χ3n) is 8.62. The van der Waals surface area contributed by atoms with Crippen LogP contribution in [-0.2, 0) is 4.79 Å². The van der Waals surface area contributed by atoms with Gasteiger partial charge in [0.25, 0.3) is 0 Å². The van der Waals surface area contributed by atoms with Gasteiger partial charge >= 0.3 is 0 Å². The number of anilines is 5. The molecular weight excluding hydrogens is 622 g/mol. The van der Waals surface area contributed by atoms with Crippen LogP contribution in [0, 0.1) is 5.82 Å². The first-order chi connectivity index (χ1) is 22.8. The summed E-state index contributed by atoms with van der Waals surface area (Å²) in [5.74, 6) is -1.11. The SMILES string of the molecule is C=CC(=O)CNc1cc(N2CCN(C3CC3)CC2)ccc1Nc1cc2c(NC)c(C(=O)c3c(F)c(OC)cc(OC)c3P)oc2cn1. The van der Waals surface area contributed by atoms with Crippen LogP contribution in [0.4, 0.5) is 33.0 Å². The summed E-state index contributed by atoms with van der Waals surface area (Å²) < 4.78 is 31.9. The highest BCUT2D eigenvalue weighted by atomic mass is 31.0. The maximum atomic E-state index is 15.4. The van der Waals surface area contributed by atoms with Crippen molar-refractivity contribution >= 4 is 65.6 Å². The highest BCUT2D eigenvalue weighted by Gasteiger charge is 2.32. The van der Waals surface area contributed by atoms with Gasteiger partial charge in [0.1, 0.15) is 11.6 Å². The molecule has 0 bridgehead atoms. The van der Waals surface area contributed by atoms with Crippen molar-refractivity contribution in [1.82, 2.24) is 9.88 Å². The minimum absolute atomic E-state index is 0.0872. The van der Waals surface area contributed by atoms with Gasteiger partial charge in [-0.3, -0.25) is 14.5 Å². The molecule has 246 valence electrons. The number of hydrogen-bond donors (Lipinski definition) is 3. The molecule has 2 aromatic carbocycles. The van der Waals surface area contributed by atoms with Gasteiger partial charge in [-0.2, -0.15) is 0 Å². The van der Waals surface area contributed by atoms with E-state index >= 15 is 4.39 Å². The first kappa shape index (κ1) is 32.3. The molecule has 47 heavy (non-hydrogen) atoms. The molecular formula is C34H38FN6O5P. The topological polar surface area (TPSA) is 121 Å². The number of benzene rings is 2. The van der Waals surface area contributed by atoms with E-state index in [0.717, 1.165) is 43.6 Å². The summed E-state index contributed by atoms with van der Waals surface area (Å²) in [4.78, 5) is 35.3. The Hall–Kier alpha value is -4.67. The Morgan fingerprint density at radius 3 is 2.51 bits per heavy atom. The van der Waals surface area contributed by atoms with Crippen LogP contribution in [0.2, 0.25) is 0 Å². The number of furan rings is 1. The number of pyridine rings is 1. The lowest BCUT2D eigenvalue weighted by molar-refractivity contribution is -0.113. The van der Waals surface area contributed by atoms with Crippen LogP contribution in [0.15, 0.2) is 53.6 Å². The number of piperazine rings is 1. The number of aromatic nitrogens is 1. The number of carbonyl (C=O) groups excluding carboxylic acids is 2. The average Bonchev–Trinajstić information content (AvgIpc) is 3.88. The highest BCUT2D eigenvalue weighted by Crippen LogP contribution is 2.37. The second-order valence-electron chi connectivity index (χ2n) is 11.5. The van der Waals surface area contributed by atoms with Gasteiger partial charge in [-0.05, 0) is 43.2 Å². The zero-order chi connectivity index (χ0) is 33.2. The molecule has 2 aliphatic rings. The van der Waals surface area contributed by atoms with Crippen molar-refractivity contribution in [2.45, 2.75) is 18.9 Å². The Morgan fingerprint density at radius 2 is 1.85 bits per heavy atom. The van der Waals surface area contributed by atoms with Crippen molar-refractivity contribution in [3.63, 3.8) is 0 Å². The van der Waals surface area contributed by atoms with E-state index in [4.69, 9.17) is 13.9 Å². The molecule has 1 aliphatic carbocycles. The van der Waals surface area contributed by atoms with Crippen molar-refractivity contribution in [2.24, 2.45) is 0 Å². The predicted molar refractivity (Wildman–Crippen MR) is 186 cm³/mol. The number of fused-ring (bicyclic) bond motifs is 1. The average molecular weight is 661 g/mol. The van der Waals surface area contributed by atoms with E-state index in [0.29, 0.717) is 28.2 Å². The van der Waals surface area contributed by atoms with Gasteiger partial charge in [-0.1, -0.05) is 6.58 Å². The van der Waals surface area contributed by atoms with Gasteiger partial charge in [-0.15, -0.1) is 9.24 Å².